The van der Waals surface area contributed by atoms with Crippen LogP contribution in [0.4, 0.5) is 18.9 Å². The van der Waals surface area contributed by atoms with Crippen LogP contribution in [0, 0.1) is 23.4 Å². The van der Waals surface area contributed by atoms with Gasteiger partial charge in [0, 0.05) is 31.2 Å². The molecule has 0 aromatic heterocycles. The maximum atomic E-state index is 13.2. The van der Waals surface area contributed by atoms with Crippen LogP contribution in [0.25, 0.3) is 0 Å². The maximum Gasteiger partial charge on any atom is 0.161 e. The van der Waals surface area contributed by atoms with E-state index in [-0.39, 0.29) is 5.69 Å². The first-order valence-electron chi connectivity index (χ1n) is 5.13. The van der Waals surface area contributed by atoms with Gasteiger partial charge in [-0.2, -0.15) is 0 Å². The molecule has 1 aromatic carbocycles. The molecule has 2 nitrogen and oxygen atoms in total. The first-order valence-corrected chi connectivity index (χ1v) is 5.13. The van der Waals surface area contributed by atoms with E-state index in [0.717, 1.165) is 12.5 Å². The topological polar surface area (TPSA) is 21.3 Å². The maximum absolute atomic E-state index is 13.2. The Balaban J connectivity index is 2.00. The number of anilines is 1. The standard InChI is InChI=1S/C11H12F3NO/c12-8-3-10(14)11(4-9(8)13)15-5-7-1-2-16-6-7/h3-4,7,15H,1-2,5-6H2. The molecule has 1 unspecified atom stereocenters. The van der Waals surface area contributed by atoms with E-state index in [9.17, 15) is 13.2 Å². The van der Waals surface area contributed by atoms with E-state index >= 15 is 0 Å². The van der Waals surface area contributed by atoms with Crippen molar-refractivity contribution in [2.75, 3.05) is 25.1 Å². The number of ether oxygens (including phenoxy) is 1. The van der Waals surface area contributed by atoms with Crippen molar-refractivity contribution < 1.29 is 17.9 Å². The third-order valence-corrected chi connectivity index (χ3v) is 2.62. The van der Waals surface area contributed by atoms with E-state index in [2.05, 4.69) is 5.32 Å². The smallest absolute Gasteiger partial charge is 0.161 e. The molecular weight excluding hydrogens is 219 g/mol. The Hall–Kier alpha value is -1.23. The lowest BCUT2D eigenvalue weighted by Gasteiger charge is -2.11. The molecule has 1 aliphatic heterocycles. The van der Waals surface area contributed by atoms with Gasteiger partial charge in [-0.3, -0.25) is 0 Å². The van der Waals surface area contributed by atoms with E-state index < -0.39 is 17.5 Å². The van der Waals surface area contributed by atoms with Crippen molar-refractivity contribution >= 4 is 5.69 Å². The molecular formula is C11H12F3NO. The summed E-state index contributed by atoms with van der Waals surface area (Å²) in [4.78, 5) is 0. The van der Waals surface area contributed by atoms with Crippen LogP contribution < -0.4 is 5.32 Å². The van der Waals surface area contributed by atoms with Gasteiger partial charge in [0.2, 0.25) is 0 Å². The molecule has 2 rings (SSSR count). The van der Waals surface area contributed by atoms with Crippen molar-refractivity contribution in [3.63, 3.8) is 0 Å². The Morgan fingerprint density at radius 1 is 1.19 bits per heavy atom. The third kappa shape index (κ3) is 2.47. The van der Waals surface area contributed by atoms with Crippen LogP contribution in [0.3, 0.4) is 0 Å². The van der Waals surface area contributed by atoms with Crippen molar-refractivity contribution in [3.05, 3.63) is 29.6 Å². The van der Waals surface area contributed by atoms with Gasteiger partial charge in [0.25, 0.3) is 0 Å². The number of hydrogen-bond acceptors (Lipinski definition) is 2. The molecule has 1 atom stereocenters. The van der Waals surface area contributed by atoms with Crippen LogP contribution in [-0.4, -0.2) is 19.8 Å². The first-order chi connectivity index (χ1) is 7.66. The summed E-state index contributed by atoms with van der Waals surface area (Å²) in [5.41, 5.74) is -0.00852. The van der Waals surface area contributed by atoms with E-state index in [1.807, 2.05) is 0 Å². The molecule has 88 valence electrons. The molecule has 5 heteroatoms. The van der Waals surface area contributed by atoms with Crippen molar-refractivity contribution in [3.8, 4) is 0 Å². The summed E-state index contributed by atoms with van der Waals surface area (Å²) >= 11 is 0. The number of rotatable bonds is 3. The molecule has 0 saturated carbocycles. The lowest BCUT2D eigenvalue weighted by Crippen LogP contribution is -2.15. The minimum atomic E-state index is -1.17. The molecule has 1 heterocycles. The molecule has 1 saturated heterocycles. The van der Waals surface area contributed by atoms with E-state index in [0.29, 0.717) is 31.7 Å². The zero-order chi connectivity index (χ0) is 11.5. The highest BCUT2D eigenvalue weighted by atomic mass is 19.2. The van der Waals surface area contributed by atoms with Crippen LogP contribution in [0.2, 0.25) is 0 Å². The molecule has 16 heavy (non-hydrogen) atoms. The van der Waals surface area contributed by atoms with E-state index in [4.69, 9.17) is 4.74 Å². The predicted molar refractivity (Wildman–Crippen MR) is 53.7 cm³/mol. The second kappa shape index (κ2) is 4.74. The van der Waals surface area contributed by atoms with Gasteiger partial charge in [0.1, 0.15) is 5.82 Å². The van der Waals surface area contributed by atoms with Crippen LogP contribution in [-0.2, 0) is 4.74 Å². The fourth-order valence-corrected chi connectivity index (χ4v) is 1.66. The fourth-order valence-electron chi connectivity index (χ4n) is 1.66. The predicted octanol–water partition coefficient (Wildman–Crippen LogP) is 2.55. The highest BCUT2D eigenvalue weighted by Gasteiger charge is 2.16. The first kappa shape index (κ1) is 11.3. The molecule has 0 bridgehead atoms. The van der Waals surface area contributed by atoms with Gasteiger partial charge in [0.05, 0.1) is 12.3 Å². The monoisotopic (exact) mass is 231 g/mol. The van der Waals surface area contributed by atoms with Crippen LogP contribution in [0.5, 0.6) is 0 Å². The minimum absolute atomic E-state index is 0.00852. The van der Waals surface area contributed by atoms with Crippen LogP contribution in [0.1, 0.15) is 6.42 Å². The van der Waals surface area contributed by atoms with Crippen molar-refractivity contribution in [1.82, 2.24) is 0 Å². The number of hydrogen-bond donors (Lipinski definition) is 1. The zero-order valence-corrected chi connectivity index (χ0v) is 8.60. The number of halogens is 3. The van der Waals surface area contributed by atoms with Gasteiger partial charge in [0.15, 0.2) is 11.6 Å². The van der Waals surface area contributed by atoms with Gasteiger partial charge in [-0.15, -0.1) is 0 Å². The van der Waals surface area contributed by atoms with Crippen molar-refractivity contribution in [1.29, 1.82) is 0 Å². The Morgan fingerprint density at radius 2 is 1.94 bits per heavy atom. The Morgan fingerprint density at radius 3 is 2.62 bits per heavy atom. The molecule has 0 spiro atoms. The summed E-state index contributed by atoms with van der Waals surface area (Å²) in [6.45, 7) is 1.83. The van der Waals surface area contributed by atoms with Crippen LogP contribution in [0.15, 0.2) is 12.1 Å². The third-order valence-electron chi connectivity index (χ3n) is 2.62. The number of benzene rings is 1. The summed E-state index contributed by atoms with van der Waals surface area (Å²) in [7, 11) is 0. The summed E-state index contributed by atoms with van der Waals surface area (Å²) in [5.74, 6) is -2.70. The molecule has 0 amide bonds. The molecule has 1 aliphatic rings. The summed E-state index contributed by atoms with van der Waals surface area (Å²) < 4.78 is 43.8. The highest BCUT2D eigenvalue weighted by Crippen LogP contribution is 2.20. The quantitative estimate of drug-likeness (QED) is 0.807. The molecule has 0 aliphatic carbocycles. The normalized spacial score (nSPS) is 20.1. The average molecular weight is 231 g/mol. The molecule has 0 radical (unpaired) electrons. The molecule has 1 N–H and O–H groups in total. The Kier molecular flexibility index (Phi) is 3.33. The van der Waals surface area contributed by atoms with Gasteiger partial charge in [-0.25, -0.2) is 13.2 Å². The highest BCUT2D eigenvalue weighted by molar-refractivity contribution is 5.45. The van der Waals surface area contributed by atoms with Crippen molar-refractivity contribution in [2.24, 2.45) is 5.92 Å². The van der Waals surface area contributed by atoms with Gasteiger partial charge in [-0.1, -0.05) is 0 Å². The Bertz CT molecular complexity index is 378. The molecule has 1 aromatic rings. The summed E-state index contributed by atoms with van der Waals surface area (Å²) in [5, 5.41) is 2.76. The lowest BCUT2D eigenvalue weighted by molar-refractivity contribution is 0.187. The van der Waals surface area contributed by atoms with E-state index in [1.54, 1.807) is 0 Å². The minimum Gasteiger partial charge on any atom is -0.382 e. The van der Waals surface area contributed by atoms with Crippen molar-refractivity contribution in [2.45, 2.75) is 6.42 Å². The lowest BCUT2D eigenvalue weighted by atomic mass is 10.1. The fraction of sp³-hybridized carbons (Fsp3) is 0.455. The van der Waals surface area contributed by atoms with E-state index in [1.165, 1.54) is 0 Å². The second-order valence-corrected chi connectivity index (χ2v) is 3.86. The van der Waals surface area contributed by atoms with Gasteiger partial charge in [-0.05, 0) is 6.42 Å². The zero-order valence-electron chi connectivity index (χ0n) is 8.60. The number of nitrogens with one attached hydrogen (secondary N) is 1. The Labute approximate surface area is 91.4 Å². The second-order valence-electron chi connectivity index (χ2n) is 3.86. The summed E-state index contributed by atoms with van der Waals surface area (Å²) in [6.07, 6.45) is 0.901. The van der Waals surface area contributed by atoms with Crippen LogP contribution >= 0.6 is 0 Å². The molecule has 1 fully saturated rings. The van der Waals surface area contributed by atoms with Gasteiger partial charge >= 0.3 is 0 Å². The SMILES string of the molecule is Fc1cc(F)c(NCC2CCOC2)cc1F. The largest absolute Gasteiger partial charge is 0.382 e. The summed E-state index contributed by atoms with van der Waals surface area (Å²) in [6, 6.07) is 1.38. The van der Waals surface area contributed by atoms with Gasteiger partial charge < -0.3 is 10.1 Å². The average Bonchev–Trinajstić information content (AvgIpc) is 2.74.